The van der Waals surface area contributed by atoms with Gasteiger partial charge in [-0.2, -0.15) is 0 Å². The van der Waals surface area contributed by atoms with E-state index in [-0.39, 0.29) is 19.5 Å². The van der Waals surface area contributed by atoms with Gasteiger partial charge in [-0.15, -0.1) is 0 Å². The number of nitrogens with one attached hydrogen (secondary N) is 1. The molecule has 5 heteroatoms. The topological polar surface area (TPSA) is 60.0 Å². The highest BCUT2D eigenvalue weighted by molar-refractivity contribution is 5.44. The van der Waals surface area contributed by atoms with Crippen LogP contribution in [-0.2, 0) is 11.3 Å². The van der Waals surface area contributed by atoms with Crippen LogP contribution in [0.1, 0.15) is 22.8 Å². The first-order chi connectivity index (χ1) is 14.3. The van der Waals surface area contributed by atoms with Gasteiger partial charge in [0.25, 0.3) is 0 Å². The van der Waals surface area contributed by atoms with Crippen molar-refractivity contribution in [3.63, 3.8) is 0 Å². The lowest BCUT2D eigenvalue weighted by molar-refractivity contribution is 0.00649. The van der Waals surface area contributed by atoms with Gasteiger partial charge < -0.3 is 24.6 Å². The molecule has 1 heterocycles. The zero-order valence-corrected chi connectivity index (χ0v) is 16.2. The fraction of sp³-hybridized carbons (Fsp3) is 0.250. The zero-order chi connectivity index (χ0) is 19.9. The second-order valence-electron chi connectivity index (χ2n) is 7.01. The maximum atomic E-state index is 10.4. The molecule has 0 radical (unpaired) electrons. The Morgan fingerprint density at radius 3 is 2.21 bits per heavy atom. The van der Waals surface area contributed by atoms with E-state index in [9.17, 15) is 5.11 Å². The molecule has 0 aromatic heterocycles. The molecule has 5 nitrogen and oxygen atoms in total. The summed E-state index contributed by atoms with van der Waals surface area (Å²) in [7, 11) is 0. The highest BCUT2D eigenvalue weighted by Crippen LogP contribution is 2.32. The van der Waals surface area contributed by atoms with Crippen LogP contribution in [0.5, 0.6) is 11.5 Å². The van der Waals surface area contributed by atoms with Crippen molar-refractivity contribution in [2.75, 3.05) is 19.9 Å². The van der Waals surface area contributed by atoms with Crippen LogP contribution in [-0.4, -0.2) is 31.2 Å². The number of hydrogen-bond acceptors (Lipinski definition) is 5. The molecule has 2 N–H and O–H groups in total. The summed E-state index contributed by atoms with van der Waals surface area (Å²) in [6.07, 6.45) is -0.820. The van der Waals surface area contributed by atoms with E-state index in [2.05, 4.69) is 5.32 Å². The number of aliphatic hydroxyl groups is 1. The third-order valence-electron chi connectivity index (χ3n) is 4.81. The monoisotopic (exact) mass is 391 g/mol. The molecular formula is C24H25NO4. The summed E-state index contributed by atoms with van der Waals surface area (Å²) >= 11 is 0. The van der Waals surface area contributed by atoms with Crippen molar-refractivity contribution in [2.24, 2.45) is 0 Å². The van der Waals surface area contributed by atoms with Gasteiger partial charge in [0.1, 0.15) is 6.10 Å². The molecule has 3 aromatic carbocycles. The fourth-order valence-electron chi connectivity index (χ4n) is 3.34. The lowest BCUT2D eigenvalue weighted by Gasteiger charge is -2.21. The fourth-order valence-corrected chi connectivity index (χ4v) is 3.34. The Morgan fingerprint density at radius 1 is 0.862 bits per heavy atom. The predicted octanol–water partition coefficient (Wildman–Crippen LogP) is 3.67. The van der Waals surface area contributed by atoms with Crippen LogP contribution in [0.15, 0.2) is 78.9 Å². The number of rotatable bonds is 9. The molecule has 0 saturated heterocycles. The molecule has 0 bridgehead atoms. The summed E-state index contributed by atoms with van der Waals surface area (Å²) in [4.78, 5) is 0. The molecule has 0 saturated carbocycles. The van der Waals surface area contributed by atoms with Crippen LogP contribution in [0.3, 0.4) is 0 Å². The highest BCUT2D eigenvalue weighted by atomic mass is 16.7. The standard InChI is InChI=1S/C24H25NO4/c26-21(15-25-14-18-11-12-22-23(13-18)29-17-28-22)16-27-24(19-7-3-1-4-8-19)20-9-5-2-6-10-20/h1-13,21,24-26H,14-17H2/t21-/m0/s1. The van der Waals surface area contributed by atoms with E-state index in [0.29, 0.717) is 13.1 Å². The number of aliphatic hydroxyl groups excluding tert-OH is 1. The average molecular weight is 391 g/mol. The van der Waals surface area contributed by atoms with Crippen LogP contribution in [0.4, 0.5) is 0 Å². The third kappa shape index (κ3) is 5.15. The van der Waals surface area contributed by atoms with Crippen LogP contribution in [0, 0.1) is 0 Å². The maximum absolute atomic E-state index is 10.4. The lowest BCUT2D eigenvalue weighted by atomic mass is 10.0. The summed E-state index contributed by atoms with van der Waals surface area (Å²) < 4.78 is 16.8. The van der Waals surface area contributed by atoms with Crippen molar-refractivity contribution < 1.29 is 19.3 Å². The Bertz CT molecular complexity index is 862. The normalized spacial score (nSPS) is 13.6. The Morgan fingerprint density at radius 2 is 1.52 bits per heavy atom. The number of benzene rings is 3. The number of fused-ring (bicyclic) bond motifs is 1. The molecule has 3 aromatic rings. The molecule has 0 spiro atoms. The summed E-state index contributed by atoms with van der Waals surface area (Å²) in [5, 5.41) is 13.7. The zero-order valence-electron chi connectivity index (χ0n) is 16.2. The lowest BCUT2D eigenvalue weighted by Crippen LogP contribution is -2.30. The van der Waals surface area contributed by atoms with E-state index in [4.69, 9.17) is 14.2 Å². The first-order valence-corrected chi connectivity index (χ1v) is 9.78. The third-order valence-corrected chi connectivity index (χ3v) is 4.81. The number of ether oxygens (including phenoxy) is 3. The van der Waals surface area contributed by atoms with Crippen molar-refractivity contribution in [2.45, 2.75) is 18.8 Å². The molecule has 0 unspecified atom stereocenters. The van der Waals surface area contributed by atoms with Gasteiger partial charge in [-0.1, -0.05) is 66.7 Å². The van der Waals surface area contributed by atoms with E-state index in [1.165, 1.54) is 0 Å². The van der Waals surface area contributed by atoms with Gasteiger partial charge in [-0.3, -0.25) is 0 Å². The van der Waals surface area contributed by atoms with E-state index in [0.717, 1.165) is 28.2 Å². The Kier molecular flexibility index (Phi) is 6.42. The van der Waals surface area contributed by atoms with E-state index in [1.807, 2.05) is 78.9 Å². The van der Waals surface area contributed by atoms with Gasteiger partial charge in [0, 0.05) is 13.1 Å². The average Bonchev–Trinajstić information content (AvgIpc) is 3.23. The van der Waals surface area contributed by atoms with E-state index < -0.39 is 6.10 Å². The summed E-state index contributed by atoms with van der Waals surface area (Å²) in [5.74, 6) is 1.54. The Balaban J connectivity index is 1.29. The molecule has 0 fully saturated rings. The second-order valence-corrected chi connectivity index (χ2v) is 7.01. The molecule has 1 atom stereocenters. The molecule has 150 valence electrons. The first kappa shape index (κ1) is 19.5. The molecule has 29 heavy (non-hydrogen) atoms. The minimum atomic E-state index is -0.612. The van der Waals surface area contributed by atoms with Gasteiger partial charge >= 0.3 is 0 Å². The summed E-state index contributed by atoms with van der Waals surface area (Å²) in [5.41, 5.74) is 3.22. The van der Waals surface area contributed by atoms with Crippen molar-refractivity contribution in [3.05, 3.63) is 95.6 Å². The van der Waals surface area contributed by atoms with Gasteiger partial charge in [0.05, 0.1) is 12.7 Å². The smallest absolute Gasteiger partial charge is 0.231 e. The molecule has 0 amide bonds. The van der Waals surface area contributed by atoms with Crippen molar-refractivity contribution in [1.82, 2.24) is 5.32 Å². The maximum Gasteiger partial charge on any atom is 0.231 e. The van der Waals surface area contributed by atoms with Crippen molar-refractivity contribution in [1.29, 1.82) is 0 Å². The van der Waals surface area contributed by atoms with Crippen molar-refractivity contribution in [3.8, 4) is 11.5 Å². The highest BCUT2D eigenvalue weighted by Gasteiger charge is 2.17. The Labute approximate surface area is 170 Å². The first-order valence-electron chi connectivity index (χ1n) is 9.78. The molecule has 1 aliphatic heterocycles. The molecule has 4 rings (SSSR count). The Hall–Kier alpha value is -2.86. The number of hydrogen-bond donors (Lipinski definition) is 2. The van der Waals surface area contributed by atoms with Crippen LogP contribution < -0.4 is 14.8 Å². The SMILES string of the molecule is O[C@@H](CNCc1ccc2c(c1)OCO2)COC(c1ccccc1)c1ccccc1. The van der Waals surface area contributed by atoms with Crippen LogP contribution in [0.25, 0.3) is 0 Å². The van der Waals surface area contributed by atoms with Gasteiger partial charge in [-0.05, 0) is 28.8 Å². The summed E-state index contributed by atoms with van der Waals surface area (Å²) in [6.45, 7) is 1.58. The van der Waals surface area contributed by atoms with E-state index in [1.54, 1.807) is 0 Å². The van der Waals surface area contributed by atoms with Crippen molar-refractivity contribution >= 4 is 0 Å². The largest absolute Gasteiger partial charge is 0.454 e. The van der Waals surface area contributed by atoms with Crippen LogP contribution >= 0.6 is 0 Å². The second kappa shape index (κ2) is 9.56. The van der Waals surface area contributed by atoms with Gasteiger partial charge in [0.2, 0.25) is 6.79 Å². The molecular weight excluding hydrogens is 366 g/mol. The molecule has 1 aliphatic rings. The minimum Gasteiger partial charge on any atom is -0.454 e. The summed E-state index contributed by atoms with van der Waals surface area (Å²) in [6, 6.07) is 26.0. The quantitative estimate of drug-likeness (QED) is 0.583. The minimum absolute atomic E-state index is 0.207. The predicted molar refractivity (Wildman–Crippen MR) is 111 cm³/mol. The van der Waals surface area contributed by atoms with E-state index >= 15 is 0 Å². The van der Waals surface area contributed by atoms with Gasteiger partial charge in [0.15, 0.2) is 11.5 Å². The van der Waals surface area contributed by atoms with Gasteiger partial charge in [-0.25, -0.2) is 0 Å². The molecule has 0 aliphatic carbocycles. The van der Waals surface area contributed by atoms with Crippen LogP contribution in [0.2, 0.25) is 0 Å².